The van der Waals surface area contributed by atoms with Crippen LogP contribution in [0.3, 0.4) is 0 Å². The maximum absolute atomic E-state index is 12.1. The molecule has 0 aliphatic heterocycles. The van der Waals surface area contributed by atoms with Crippen molar-refractivity contribution in [3.8, 4) is 5.75 Å². The number of rotatable bonds is 8. The van der Waals surface area contributed by atoms with Gasteiger partial charge in [0.2, 0.25) is 0 Å². The van der Waals surface area contributed by atoms with Gasteiger partial charge in [-0.2, -0.15) is 0 Å². The number of hydrogen-bond acceptors (Lipinski definition) is 2. The van der Waals surface area contributed by atoms with Crippen LogP contribution in [0.1, 0.15) is 17.5 Å². The summed E-state index contributed by atoms with van der Waals surface area (Å²) in [6.07, 6.45) is 1.74. The highest BCUT2D eigenvalue weighted by Crippen LogP contribution is 2.19. The summed E-state index contributed by atoms with van der Waals surface area (Å²) in [7, 11) is 0. The third kappa shape index (κ3) is 5.24. The Morgan fingerprint density at radius 2 is 1.71 bits per heavy atom. The van der Waals surface area contributed by atoms with Gasteiger partial charge in [0.15, 0.2) is 0 Å². The second-order valence-corrected chi connectivity index (χ2v) is 5.22. The first-order valence-corrected chi connectivity index (χ1v) is 7.65. The second kappa shape index (κ2) is 8.48. The molecule has 0 unspecified atom stereocenters. The van der Waals surface area contributed by atoms with E-state index in [1.807, 2.05) is 54.6 Å². The Morgan fingerprint density at radius 3 is 2.48 bits per heavy atom. The largest absolute Gasteiger partial charge is 0.492 e. The predicted octanol–water partition coefficient (Wildman–Crippen LogP) is 4.05. The molecule has 0 radical (unpaired) electrons. The Balaban J connectivity index is 1.90. The second-order valence-electron chi connectivity index (χ2n) is 4.85. The number of halogens is 1. The minimum Gasteiger partial charge on any atom is -0.492 e. The van der Waals surface area contributed by atoms with Gasteiger partial charge in [-0.25, -0.2) is 0 Å². The van der Waals surface area contributed by atoms with Crippen LogP contribution in [0.15, 0.2) is 54.6 Å². The summed E-state index contributed by atoms with van der Waals surface area (Å²) in [5, 5.41) is 0. The van der Waals surface area contributed by atoms with Crippen LogP contribution < -0.4 is 4.74 Å². The summed E-state index contributed by atoms with van der Waals surface area (Å²) in [6.45, 7) is 0.455. The molecule has 0 saturated carbocycles. The molecular weight excluding hydrogens is 284 g/mol. The molecular formula is C18H19ClO2. The van der Waals surface area contributed by atoms with Crippen molar-refractivity contribution in [2.24, 2.45) is 0 Å². The Kier molecular flexibility index (Phi) is 6.29. The van der Waals surface area contributed by atoms with E-state index in [4.69, 9.17) is 16.3 Å². The Bertz CT molecular complexity index is 566. The number of ether oxygens (including phenoxy) is 1. The minimum absolute atomic E-state index is 0.223. The fraction of sp³-hybridized carbons (Fsp3) is 0.278. The molecule has 0 saturated heterocycles. The molecule has 0 heterocycles. The third-order valence-electron chi connectivity index (χ3n) is 3.23. The highest BCUT2D eigenvalue weighted by molar-refractivity contribution is 6.18. The van der Waals surface area contributed by atoms with Crippen molar-refractivity contribution in [3.05, 3.63) is 65.7 Å². The fourth-order valence-electron chi connectivity index (χ4n) is 2.17. The Morgan fingerprint density at radius 1 is 1.00 bits per heavy atom. The number of ketones is 1. The van der Waals surface area contributed by atoms with Crippen molar-refractivity contribution in [2.45, 2.75) is 19.3 Å². The SMILES string of the molecule is O=C(CCc1ccccc1)Cc1ccccc1OCCCl. The molecule has 3 heteroatoms. The van der Waals surface area contributed by atoms with Gasteiger partial charge < -0.3 is 4.74 Å². The van der Waals surface area contributed by atoms with E-state index in [-0.39, 0.29) is 5.78 Å². The molecule has 2 aromatic carbocycles. The zero-order valence-corrected chi connectivity index (χ0v) is 12.7. The molecule has 2 nitrogen and oxygen atoms in total. The van der Waals surface area contributed by atoms with E-state index in [1.54, 1.807) is 0 Å². The Labute approximate surface area is 130 Å². The monoisotopic (exact) mass is 302 g/mol. The smallest absolute Gasteiger partial charge is 0.137 e. The molecule has 0 N–H and O–H groups in total. The first-order chi connectivity index (χ1) is 10.3. The fourth-order valence-corrected chi connectivity index (χ4v) is 2.25. The van der Waals surface area contributed by atoms with Crippen molar-refractivity contribution in [1.82, 2.24) is 0 Å². The van der Waals surface area contributed by atoms with E-state index in [2.05, 4.69) is 0 Å². The van der Waals surface area contributed by atoms with Crippen molar-refractivity contribution in [3.63, 3.8) is 0 Å². The van der Waals surface area contributed by atoms with Crippen LogP contribution in [0.5, 0.6) is 5.75 Å². The van der Waals surface area contributed by atoms with Crippen LogP contribution in [0.4, 0.5) is 0 Å². The molecule has 21 heavy (non-hydrogen) atoms. The molecule has 0 aromatic heterocycles. The highest BCUT2D eigenvalue weighted by Gasteiger charge is 2.09. The summed E-state index contributed by atoms with van der Waals surface area (Å²) in [5.74, 6) is 1.42. The number of benzene rings is 2. The maximum Gasteiger partial charge on any atom is 0.137 e. The van der Waals surface area contributed by atoms with Crippen LogP contribution in [-0.4, -0.2) is 18.3 Å². The van der Waals surface area contributed by atoms with Crippen molar-refractivity contribution < 1.29 is 9.53 Å². The summed E-state index contributed by atoms with van der Waals surface area (Å²) in [5.41, 5.74) is 2.12. The van der Waals surface area contributed by atoms with E-state index in [1.165, 1.54) is 5.56 Å². The number of carbonyl (C=O) groups is 1. The molecule has 110 valence electrons. The minimum atomic E-state index is 0.223. The molecule has 2 aromatic rings. The summed E-state index contributed by atoms with van der Waals surface area (Å²) in [4.78, 5) is 12.1. The summed E-state index contributed by atoms with van der Waals surface area (Å²) < 4.78 is 5.57. The molecule has 0 aliphatic rings. The molecule has 0 atom stereocenters. The summed E-state index contributed by atoms with van der Waals surface area (Å²) >= 11 is 5.64. The van der Waals surface area contributed by atoms with Crippen LogP contribution in [0, 0.1) is 0 Å². The van der Waals surface area contributed by atoms with Gasteiger partial charge in [0.05, 0.1) is 5.88 Å². The van der Waals surface area contributed by atoms with Crippen molar-refractivity contribution in [1.29, 1.82) is 0 Å². The van der Waals surface area contributed by atoms with Crippen LogP contribution >= 0.6 is 11.6 Å². The van der Waals surface area contributed by atoms with E-state index in [0.29, 0.717) is 25.3 Å². The van der Waals surface area contributed by atoms with Gasteiger partial charge in [0.1, 0.15) is 18.1 Å². The molecule has 0 spiro atoms. The topological polar surface area (TPSA) is 26.3 Å². The van der Waals surface area contributed by atoms with E-state index in [0.717, 1.165) is 17.7 Å². The number of alkyl halides is 1. The Hall–Kier alpha value is -1.80. The first-order valence-electron chi connectivity index (χ1n) is 7.12. The van der Waals surface area contributed by atoms with E-state index >= 15 is 0 Å². The highest BCUT2D eigenvalue weighted by atomic mass is 35.5. The predicted molar refractivity (Wildman–Crippen MR) is 86.1 cm³/mol. The van der Waals surface area contributed by atoms with Crippen molar-refractivity contribution >= 4 is 17.4 Å². The molecule has 0 bridgehead atoms. The van der Waals surface area contributed by atoms with Gasteiger partial charge in [-0.1, -0.05) is 48.5 Å². The zero-order valence-electron chi connectivity index (χ0n) is 11.9. The van der Waals surface area contributed by atoms with Crippen LogP contribution in [-0.2, 0) is 17.6 Å². The van der Waals surface area contributed by atoms with Gasteiger partial charge >= 0.3 is 0 Å². The molecule has 0 aliphatic carbocycles. The lowest BCUT2D eigenvalue weighted by atomic mass is 10.0. The average Bonchev–Trinajstić information content (AvgIpc) is 2.53. The van der Waals surface area contributed by atoms with E-state index < -0.39 is 0 Å². The van der Waals surface area contributed by atoms with Crippen LogP contribution in [0.2, 0.25) is 0 Å². The molecule has 2 rings (SSSR count). The normalized spacial score (nSPS) is 10.3. The third-order valence-corrected chi connectivity index (χ3v) is 3.38. The standard InChI is InChI=1S/C18H19ClO2/c19-12-13-21-18-9-5-4-8-16(18)14-17(20)11-10-15-6-2-1-3-7-15/h1-9H,10-14H2. The number of hydrogen-bond donors (Lipinski definition) is 0. The maximum atomic E-state index is 12.1. The molecule has 0 amide bonds. The van der Waals surface area contributed by atoms with Gasteiger partial charge in [0.25, 0.3) is 0 Å². The molecule has 0 fully saturated rings. The van der Waals surface area contributed by atoms with Crippen molar-refractivity contribution in [2.75, 3.05) is 12.5 Å². The number of para-hydroxylation sites is 1. The van der Waals surface area contributed by atoms with Gasteiger partial charge in [-0.05, 0) is 18.1 Å². The summed E-state index contributed by atoms with van der Waals surface area (Å²) in [6, 6.07) is 17.7. The quantitative estimate of drug-likeness (QED) is 0.688. The number of Topliss-reactive ketones (excluding diaryl/α,β-unsaturated/α-hetero) is 1. The van der Waals surface area contributed by atoms with Gasteiger partial charge in [-0.15, -0.1) is 11.6 Å². The van der Waals surface area contributed by atoms with Gasteiger partial charge in [0, 0.05) is 18.4 Å². The average molecular weight is 303 g/mol. The number of aryl methyl sites for hydroxylation is 1. The van der Waals surface area contributed by atoms with Crippen LogP contribution in [0.25, 0.3) is 0 Å². The first kappa shape index (κ1) is 15.6. The lowest BCUT2D eigenvalue weighted by Gasteiger charge is -2.10. The lowest BCUT2D eigenvalue weighted by Crippen LogP contribution is -2.07. The number of carbonyl (C=O) groups excluding carboxylic acids is 1. The lowest BCUT2D eigenvalue weighted by molar-refractivity contribution is -0.118. The van der Waals surface area contributed by atoms with E-state index in [9.17, 15) is 4.79 Å². The zero-order chi connectivity index (χ0) is 14.9. The van der Waals surface area contributed by atoms with Gasteiger partial charge in [-0.3, -0.25) is 4.79 Å².